The molecule has 6 nitrogen and oxygen atoms in total. The summed E-state index contributed by atoms with van der Waals surface area (Å²) in [5, 5.41) is 36.0. The average molecular weight is 421 g/mol. The number of aryl methyl sites for hydroxylation is 2. The van der Waals surface area contributed by atoms with E-state index < -0.39 is 29.1 Å². The highest BCUT2D eigenvalue weighted by molar-refractivity contribution is 5.79. The zero-order chi connectivity index (χ0) is 22.4. The van der Waals surface area contributed by atoms with E-state index in [-0.39, 0.29) is 5.69 Å². The second-order valence-electron chi connectivity index (χ2n) is 8.87. The van der Waals surface area contributed by atoms with Crippen molar-refractivity contribution in [3.05, 3.63) is 80.9 Å². The Morgan fingerprint density at radius 1 is 1.00 bits per heavy atom. The molecule has 3 aliphatic carbocycles. The van der Waals surface area contributed by atoms with Gasteiger partial charge in [0.1, 0.15) is 0 Å². The van der Waals surface area contributed by atoms with E-state index in [0.717, 1.165) is 27.8 Å². The predicted octanol–water partition coefficient (Wildman–Crippen LogP) is 4.74. The van der Waals surface area contributed by atoms with Gasteiger partial charge in [0.25, 0.3) is 5.69 Å². The molecule has 0 aliphatic heterocycles. The predicted molar refractivity (Wildman–Crippen MR) is 122 cm³/mol. The highest BCUT2D eigenvalue weighted by atomic mass is 16.6. The SMILES string of the molecule is Cc1cc(C2C(O)C(Nc3cccc([N+](=O)[O-])c3)C2O)c2c(C)ccc(C(C)C)cc1-2. The molecule has 1 aromatic carbocycles. The summed E-state index contributed by atoms with van der Waals surface area (Å²) in [4.78, 5) is 10.6. The quantitative estimate of drug-likeness (QED) is 0.409. The van der Waals surface area contributed by atoms with Crippen molar-refractivity contribution < 1.29 is 15.1 Å². The number of hydrogen-bond acceptors (Lipinski definition) is 5. The van der Waals surface area contributed by atoms with Crippen molar-refractivity contribution in [1.82, 2.24) is 0 Å². The minimum absolute atomic E-state index is 0.0356. The Bertz CT molecular complexity index is 1100. The van der Waals surface area contributed by atoms with Crippen LogP contribution >= 0.6 is 0 Å². The smallest absolute Gasteiger partial charge is 0.271 e. The van der Waals surface area contributed by atoms with Crippen molar-refractivity contribution >= 4 is 11.4 Å². The molecule has 0 amide bonds. The number of aliphatic hydroxyl groups excluding tert-OH is 2. The second kappa shape index (κ2) is 7.94. The minimum Gasteiger partial charge on any atom is -0.390 e. The fourth-order valence-electron chi connectivity index (χ4n) is 4.65. The first-order valence-corrected chi connectivity index (χ1v) is 10.6. The zero-order valence-electron chi connectivity index (χ0n) is 18.2. The Morgan fingerprint density at radius 2 is 1.71 bits per heavy atom. The molecule has 2 atom stereocenters. The first-order chi connectivity index (χ1) is 14.7. The molecule has 0 radical (unpaired) electrons. The van der Waals surface area contributed by atoms with Gasteiger partial charge >= 0.3 is 0 Å². The first-order valence-electron chi connectivity index (χ1n) is 10.6. The Balaban J connectivity index is 1.64. The number of aliphatic hydroxyl groups is 2. The Morgan fingerprint density at radius 3 is 2.35 bits per heavy atom. The zero-order valence-corrected chi connectivity index (χ0v) is 18.2. The lowest BCUT2D eigenvalue weighted by Gasteiger charge is -2.47. The van der Waals surface area contributed by atoms with Gasteiger partial charge in [-0.3, -0.25) is 10.1 Å². The molecule has 0 aromatic heterocycles. The molecule has 31 heavy (non-hydrogen) atoms. The minimum atomic E-state index is -0.811. The molecule has 4 rings (SSSR count). The van der Waals surface area contributed by atoms with Gasteiger partial charge < -0.3 is 15.5 Å². The number of fused-ring (bicyclic) bond motifs is 1. The Labute approximate surface area is 182 Å². The van der Waals surface area contributed by atoms with Crippen LogP contribution in [0.2, 0.25) is 0 Å². The Hall–Kier alpha value is -2.96. The van der Waals surface area contributed by atoms with E-state index in [4.69, 9.17) is 0 Å². The maximum absolute atomic E-state index is 11.0. The lowest BCUT2D eigenvalue weighted by atomic mass is 9.69. The van der Waals surface area contributed by atoms with Crippen LogP contribution in [0.5, 0.6) is 0 Å². The molecule has 0 saturated heterocycles. The van der Waals surface area contributed by atoms with Gasteiger partial charge in [0.05, 0.1) is 23.2 Å². The molecule has 3 N–H and O–H groups in total. The number of anilines is 1. The van der Waals surface area contributed by atoms with Crippen molar-refractivity contribution in [3.8, 4) is 11.1 Å². The lowest BCUT2D eigenvalue weighted by molar-refractivity contribution is -0.384. The van der Waals surface area contributed by atoms with E-state index in [2.05, 4.69) is 57.3 Å². The summed E-state index contributed by atoms with van der Waals surface area (Å²) in [6, 6.07) is 14.0. The van der Waals surface area contributed by atoms with Crippen LogP contribution in [-0.2, 0) is 0 Å². The van der Waals surface area contributed by atoms with Crippen LogP contribution in [-0.4, -0.2) is 33.4 Å². The largest absolute Gasteiger partial charge is 0.390 e. The summed E-state index contributed by atoms with van der Waals surface area (Å²) >= 11 is 0. The number of nitrogens with one attached hydrogen (secondary N) is 1. The first kappa shape index (κ1) is 21.3. The van der Waals surface area contributed by atoms with Crippen LogP contribution in [0.3, 0.4) is 0 Å². The molecule has 162 valence electrons. The second-order valence-corrected chi connectivity index (χ2v) is 8.87. The van der Waals surface area contributed by atoms with Crippen LogP contribution < -0.4 is 5.32 Å². The maximum Gasteiger partial charge on any atom is 0.271 e. The highest BCUT2D eigenvalue weighted by Crippen LogP contribution is 2.47. The summed E-state index contributed by atoms with van der Waals surface area (Å²) in [6.07, 6.45) is -1.62. The van der Waals surface area contributed by atoms with E-state index in [1.165, 1.54) is 17.7 Å². The molecule has 0 bridgehead atoms. The number of rotatable bonds is 5. The number of nitrogens with zero attached hydrogens (tertiary/aromatic N) is 1. The topological polar surface area (TPSA) is 95.6 Å². The fraction of sp³-hybridized carbons (Fsp3) is 0.360. The third kappa shape index (κ3) is 3.66. The van der Waals surface area contributed by atoms with Crippen molar-refractivity contribution in [1.29, 1.82) is 0 Å². The summed E-state index contributed by atoms with van der Waals surface area (Å²) in [7, 11) is 0. The van der Waals surface area contributed by atoms with Crippen LogP contribution in [0.4, 0.5) is 11.4 Å². The third-order valence-corrected chi connectivity index (χ3v) is 6.47. The van der Waals surface area contributed by atoms with Crippen molar-refractivity contribution in [3.63, 3.8) is 0 Å². The number of nitro groups is 1. The van der Waals surface area contributed by atoms with Crippen LogP contribution in [0.1, 0.15) is 47.9 Å². The maximum atomic E-state index is 11.0. The standard InChI is InChI=1S/C25H28N2O4/c1-13(2)16-9-8-14(3)21-19(11-16)15(4)10-20(21)22-24(28)23(25(22)29)26-17-6-5-7-18(12-17)27(30)31/h5-13,22-26,28-29H,1-4H3. The van der Waals surface area contributed by atoms with Gasteiger partial charge in [-0.25, -0.2) is 0 Å². The van der Waals surface area contributed by atoms with Crippen LogP contribution in [0.25, 0.3) is 11.1 Å². The van der Waals surface area contributed by atoms with Gasteiger partial charge in [-0.1, -0.05) is 44.2 Å². The molecule has 1 fully saturated rings. The van der Waals surface area contributed by atoms with Crippen LogP contribution in [0, 0.1) is 24.0 Å². The number of benzene rings is 1. The summed E-state index contributed by atoms with van der Waals surface area (Å²) in [5.74, 6) is -0.0212. The van der Waals surface area contributed by atoms with E-state index in [9.17, 15) is 20.3 Å². The van der Waals surface area contributed by atoms with Gasteiger partial charge in [-0.05, 0) is 59.2 Å². The third-order valence-electron chi connectivity index (χ3n) is 6.47. The molecular weight excluding hydrogens is 392 g/mol. The monoisotopic (exact) mass is 420 g/mol. The molecule has 1 saturated carbocycles. The van der Waals surface area contributed by atoms with Crippen LogP contribution in [0.15, 0.2) is 48.5 Å². The van der Waals surface area contributed by atoms with Crippen molar-refractivity contribution in [2.75, 3.05) is 5.32 Å². The van der Waals surface area contributed by atoms with Gasteiger partial charge in [0, 0.05) is 23.7 Å². The number of hydrogen-bond donors (Lipinski definition) is 3. The summed E-state index contributed by atoms with van der Waals surface area (Å²) < 4.78 is 0. The summed E-state index contributed by atoms with van der Waals surface area (Å²) in [5.41, 5.74) is 7.14. The molecule has 1 aromatic rings. The van der Waals surface area contributed by atoms with Crippen molar-refractivity contribution in [2.24, 2.45) is 0 Å². The molecule has 0 spiro atoms. The normalized spacial score (nSPS) is 23.1. The number of non-ortho nitro benzene ring substituents is 1. The van der Waals surface area contributed by atoms with Crippen molar-refractivity contribution in [2.45, 2.75) is 57.8 Å². The average Bonchev–Trinajstić information content (AvgIpc) is 2.92. The van der Waals surface area contributed by atoms with Gasteiger partial charge in [0.2, 0.25) is 0 Å². The van der Waals surface area contributed by atoms with E-state index >= 15 is 0 Å². The van der Waals surface area contributed by atoms with Gasteiger partial charge in [0.15, 0.2) is 0 Å². The Kier molecular flexibility index (Phi) is 5.45. The van der Waals surface area contributed by atoms with E-state index in [0.29, 0.717) is 11.6 Å². The molecule has 0 heterocycles. The van der Waals surface area contributed by atoms with Gasteiger partial charge in [-0.15, -0.1) is 0 Å². The van der Waals surface area contributed by atoms with E-state index in [1.807, 2.05) is 0 Å². The van der Waals surface area contributed by atoms with Gasteiger partial charge in [-0.2, -0.15) is 0 Å². The summed E-state index contributed by atoms with van der Waals surface area (Å²) in [6.45, 7) is 8.45. The number of nitro benzene ring substituents is 1. The fourth-order valence-corrected chi connectivity index (χ4v) is 4.65. The lowest BCUT2D eigenvalue weighted by Crippen LogP contribution is -2.61. The van der Waals surface area contributed by atoms with E-state index in [1.54, 1.807) is 12.1 Å². The molecule has 2 unspecified atom stereocenters. The highest BCUT2D eigenvalue weighted by Gasteiger charge is 2.51. The molecular formula is C25H28N2O4. The molecule has 6 heteroatoms. The molecule has 3 aliphatic rings.